The van der Waals surface area contributed by atoms with Crippen molar-refractivity contribution in [3.8, 4) is 0 Å². The van der Waals surface area contributed by atoms with Crippen molar-refractivity contribution in [3.05, 3.63) is 34.3 Å². The Kier molecular flexibility index (Phi) is 6.51. The fourth-order valence-electron chi connectivity index (χ4n) is 1.79. The number of carboxylic acid groups (broad SMARTS) is 1. The number of carbonyl (C=O) groups is 2. The van der Waals surface area contributed by atoms with Gasteiger partial charge < -0.3 is 15.3 Å². The normalized spacial score (nSPS) is 11.8. The molecule has 20 heavy (non-hydrogen) atoms. The molecule has 5 nitrogen and oxygen atoms in total. The van der Waals surface area contributed by atoms with Gasteiger partial charge in [-0.25, -0.2) is 9.59 Å². The van der Waals surface area contributed by atoms with Crippen LogP contribution in [0.15, 0.2) is 28.7 Å². The molecule has 0 spiro atoms. The highest BCUT2D eigenvalue weighted by Gasteiger charge is 2.20. The molecule has 2 amide bonds. The monoisotopic (exact) mass is 342 g/mol. The van der Waals surface area contributed by atoms with E-state index < -0.39 is 12.0 Å². The number of carboxylic acids is 1. The van der Waals surface area contributed by atoms with Gasteiger partial charge in [0.15, 0.2) is 0 Å². The molecule has 0 aliphatic rings. The molecule has 0 radical (unpaired) electrons. The van der Waals surface area contributed by atoms with Crippen LogP contribution in [0, 0.1) is 0 Å². The third-order valence-electron chi connectivity index (χ3n) is 2.83. The first-order chi connectivity index (χ1) is 9.43. The summed E-state index contributed by atoms with van der Waals surface area (Å²) in [6.07, 6.45) is 1.12. The van der Waals surface area contributed by atoms with Gasteiger partial charge in [-0.2, -0.15) is 0 Å². The van der Waals surface area contributed by atoms with Gasteiger partial charge in [0.2, 0.25) is 0 Å². The summed E-state index contributed by atoms with van der Waals surface area (Å²) < 4.78 is 0.943. The number of nitrogens with one attached hydrogen (secondary N) is 1. The predicted molar refractivity (Wildman–Crippen MR) is 80.5 cm³/mol. The predicted octanol–water partition coefficient (Wildman–Crippen LogP) is 2.84. The van der Waals surface area contributed by atoms with E-state index in [1.807, 2.05) is 31.2 Å². The molecule has 0 aromatic heterocycles. The van der Waals surface area contributed by atoms with Gasteiger partial charge in [-0.1, -0.05) is 41.4 Å². The van der Waals surface area contributed by atoms with Crippen LogP contribution in [0.2, 0.25) is 0 Å². The SMILES string of the molecule is CCCC(NC(=O)N(C)Cc1cccc(Br)c1)C(=O)O. The average Bonchev–Trinajstić information content (AvgIpc) is 2.37. The second-order valence-corrected chi connectivity index (χ2v) is 5.53. The number of urea groups is 1. The Hall–Kier alpha value is -1.56. The molecule has 1 unspecified atom stereocenters. The molecular formula is C14H19BrN2O3. The molecule has 0 heterocycles. The van der Waals surface area contributed by atoms with Crippen molar-refractivity contribution >= 4 is 27.9 Å². The zero-order chi connectivity index (χ0) is 15.1. The van der Waals surface area contributed by atoms with E-state index in [2.05, 4.69) is 21.2 Å². The standard InChI is InChI=1S/C14H19BrN2O3/c1-3-5-12(13(18)19)16-14(20)17(2)9-10-6-4-7-11(15)8-10/h4,6-8,12H,3,5,9H2,1-2H3,(H,16,20)(H,18,19). The Balaban J connectivity index is 2.60. The highest BCUT2D eigenvalue weighted by atomic mass is 79.9. The lowest BCUT2D eigenvalue weighted by molar-refractivity contribution is -0.139. The average molecular weight is 343 g/mol. The number of carbonyl (C=O) groups excluding carboxylic acids is 1. The molecule has 2 N–H and O–H groups in total. The van der Waals surface area contributed by atoms with E-state index in [4.69, 9.17) is 5.11 Å². The lowest BCUT2D eigenvalue weighted by Crippen LogP contribution is -2.46. The molecule has 6 heteroatoms. The van der Waals surface area contributed by atoms with Gasteiger partial charge in [-0.15, -0.1) is 0 Å². The van der Waals surface area contributed by atoms with Crippen molar-refractivity contribution in [2.75, 3.05) is 7.05 Å². The van der Waals surface area contributed by atoms with Crippen LogP contribution in [0.1, 0.15) is 25.3 Å². The number of amides is 2. The number of hydrogen-bond acceptors (Lipinski definition) is 2. The largest absolute Gasteiger partial charge is 0.480 e. The maximum atomic E-state index is 12.0. The number of benzene rings is 1. The van der Waals surface area contributed by atoms with Crippen LogP contribution in [0.5, 0.6) is 0 Å². The van der Waals surface area contributed by atoms with Crippen LogP contribution in [-0.4, -0.2) is 35.1 Å². The second kappa shape index (κ2) is 7.89. The van der Waals surface area contributed by atoms with Gasteiger partial charge in [-0.05, 0) is 24.1 Å². The first-order valence-corrected chi connectivity index (χ1v) is 7.22. The molecule has 110 valence electrons. The molecule has 0 fully saturated rings. The first-order valence-electron chi connectivity index (χ1n) is 6.43. The maximum absolute atomic E-state index is 12.0. The fraction of sp³-hybridized carbons (Fsp3) is 0.429. The number of aliphatic carboxylic acids is 1. The van der Waals surface area contributed by atoms with Gasteiger partial charge in [0.25, 0.3) is 0 Å². The molecule has 0 aliphatic carbocycles. The Bertz CT molecular complexity index is 479. The zero-order valence-corrected chi connectivity index (χ0v) is 13.2. The second-order valence-electron chi connectivity index (χ2n) is 4.61. The van der Waals surface area contributed by atoms with Crippen molar-refractivity contribution in [1.29, 1.82) is 0 Å². The van der Waals surface area contributed by atoms with Crippen molar-refractivity contribution in [2.24, 2.45) is 0 Å². The van der Waals surface area contributed by atoms with E-state index in [1.54, 1.807) is 7.05 Å². The summed E-state index contributed by atoms with van der Waals surface area (Å²) in [6.45, 7) is 2.30. The summed E-state index contributed by atoms with van der Waals surface area (Å²) in [5.41, 5.74) is 0.972. The van der Waals surface area contributed by atoms with E-state index in [1.165, 1.54) is 4.90 Å². The summed E-state index contributed by atoms with van der Waals surface area (Å²) >= 11 is 3.37. The van der Waals surface area contributed by atoms with Crippen molar-refractivity contribution in [1.82, 2.24) is 10.2 Å². The van der Waals surface area contributed by atoms with Crippen LogP contribution in [-0.2, 0) is 11.3 Å². The minimum atomic E-state index is -1.00. The van der Waals surface area contributed by atoms with Crippen LogP contribution < -0.4 is 5.32 Å². The third-order valence-corrected chi connectivity index (χ3v) is 3.32. The van der Waals surface area contributed by atoms with E-state index in [0.717, 1.165) is 10.0 Å². The molecule has 1 aromatic carbocycles. The Labute approximate surface area is 127 Å². The lowest BCUT2D eigenvalue weighted by atomic mass is 10.2. The number of rotatable bonds is 6. The highest BCUT2D eigenvalue weighted by Crippen LogP contribution is 2.13. The topological polar surface area (TPSA) is 69.6 Å². The number of hydrogen-bond donors (Lipinski definition) is 2. The third kappa shape index (κ3) is 5.21. The minimum Gasteiger partial charge on any atom is -0.480 e. The highest BCUT2D eigenvalue weighted by molar-refractivity contribution is 9.10. The molecule has 1 atom stereocenters. The molecule has 0 saturated heterocycles. The molecule has 1 rings (SSSR count). The van der Waals surface area contributed by atoms with Crippen molar-refractivity contribution in [3.63, 3.8) is 0 Å². The Morgan fingerprint density at radius 1 is 1.45 bits per heavy atom. The molecular weight excluding hydrogens is 324 g/mol. The van der Waals surface area contributed by atoms with Crippen LogP contribution >= 0.6 is 15.9 Å². The summed E-state index contributed by atoms with van der Waals surface area (Å²) in [7, 11) is 1.64. The van der Waals surface area contributed by atoms with Crippen LogP contribution in [0.25, 0.3) is 0 Å². The minimum absolute atomic E-state index is 0.383. The summed E-state index contributed by atoms with van der Waals surface area (Å²) in [5, 5.41) is 11.5. The van der Waals surface area contributed by atoms with Crippen LogP contribution in [0.3, 0.4) is 0 Å². The quantitative estimate of drug-likeness (QED) is 0.835. The number of nitrogens with zero attached hydrogens (tertiary/aromatic N) is 1. The molecule has 0 saturated carbocycles. The van der Waals surface area contributed by atoms with Gasteiger partial charge in [-0.3, -0.25) is 0 Å². The van der Waals surface area contributed by atoms with Crippen LogP contribution in [0.4, 0.5) is 4.79 Å². The molecule has 0 aliphatic heterocycles. The number of halogens is 1. The molecule has 0 bridgehead atoms. The summed E-state index contributed by atoms with van der Waals surface area (Å²) in [4.78, 5) is 24.4. The smallest absolute Gasteiger partial charge is 0.326 e. The fourth-order valence-corrected chi connectivity index (χ4v) is 2.23. The Morgan fingerprint density at radius 2 is 2.15 bits per heavy atom. The van der Waals surface area contributed by atoms with Crippen molar-refractivity contribution in [2.45, 2.75) is 32.4 Å². The summed E-state index contributed by atoms with van der Waals surface area (Å²) in [5.74, 6) is -1.00. The van der Waals surface area contributed by atoms with E-state index >= 15 is 0 Å². The van der Waals surface area contributed by atoms with Gasteiger partial charge in [0.05, 0.1) is 0 Å². The zero-order valence-electron chi connectivity index (χ0n) is 11.6. The first kappa shape index (κ1) is 16.5. The Morgan fingerprint density at radius 3 is 2.70 bits per heavy atom. The van der Waals surface area contributed by atoms with E-state index in [0.29, 0.717) is 19.4 Å². The summed E-state index contributed by atoms with van der Waals surface area (Å²) in [6, 6.07) is 6.41. The van der Waals surface area contributed by atoms with Gasteiger partial charge >= 0.3 is 12.0 Å². The van der Waals surface area contributed by atoms with Gasteiger partial charge in [0, 0.05) is 18.1 Å². The van der Waals surface area contributed by atoms with Crippen molar-refractivity contribution < 1.29 is 14.7 Å². The lowest BCUT2D eigenvalue weighted by Gasteiger charge is -2.21. The van der Waals surface area contributed by atoms with E-state index in [-0.39, 0.29) is 6.03 Å². The molecule has 1 aromatic rings. The maximum Gasteiger partial charge on any atom is 0.326 e. The van der Waals surface area contributed by atoms with E-state index in [9.17, 15) is 9.59 Å². The van der Waals surface area contributed by atoms with Gasteiger partial charge in [0.1, 0.15) is 6.04 Å².